The molecule has 5 heteroatoms. The number of nitrogens with one attached hydrogen (secondary N) is 1. The van der Waals surface area contributed by atoms with Crippen molar-refractivity contribution >= 4 is 29.0 Å². The molecule has 0 spiro atoms. The summed E-state index contributed by atoms with van der Waals surface area (Å²) >= 11 is 1.71. The largest absolute Gasteiger partial charge is 0.494 e. The van der Waals surface area contributed by atoms with Gasteiger partial charge in [0.1, 0.15) is 5.75 Å². The molecule has 0 aromatic heterocycles. The fourth-order valence-electron chi connectivity index (χ4n) is 2.02. The molecule has 1 heterocycles. The van der Waals surface area contributed by atoms with Gasteiger partial charge in [0.25, 0.3) is 0 Å². The van der Waals surface area contributed by atoms with Crippen molar-refractivity contribution in [3.05, 3.63) is 18.2 Å². The van der Waals surface area contributed by atoms with Gasteiger partial charge in [0.2, 0.25) is 5.91 Å². The zero-order valence-electron chi connectivity index (χ0n) is 10.7. The number of benzene rings is 1. The number of rotatable bonds is 3. The first kappa shape index (κ1) is 13.1. The van der Waals surface area contributed by atoms with Crippen molar-refractivity contribution in [1.82, 2.24) is 0 Å². The summed E-state index contributed by atoms with van der Waals surface area (Å²) in [5.74, 6) is 1.67. The topological polar surface area (TPSA) is 64.3 Å². The molecule has 0 aliphatic carbocycles. The van der Waals surface area contributed by atoms with Crippen molar-refractivity contribution in [2.45, 2.75) is 24.5 Å². The molecule has 2 rings (SSSR count). The Morgan fingerprint density at radius 1 is 1.56 bits per heavy atom. The minimum Gasteiger partial charge on any atom is -0.494 e. The van der Waals surface area contributed by atoms with Gasteiger partial charge in [-0.25, -0.2) is 0 Å². The Kier molecular flexibility index (Phi) is 3.71. The van der Waals surface area contributed by atoms with E-state index >= 15 is 0 Å². The van der Waals surface area contributed by atoms with E-state index in [2.05, 4.69) is 5.32 Å². The zero-order valence-corrected chi connectivity index (χ0v) is 11.5. The molecule has 1 saturated heterocycles. The molecule has 4 nitrogen and oxygen atoms in total. The first-order valence-corrected chi connectivity index (χ1v) is 6.93. The van der Waals surface area contributed by atoms with Crippen molar-refractivity contribution in [2.75, 3.05) is 23.9 Å². The smallest absolute Gasteiger partial charge is 0.240 e. The molecule has 98 valence electrons. The van der Waals surface area contributed by atoms with Gasteiger partial charge in [-0.15, -0.1) is 11.8 Å². The molecular formula is C13H18N2O2S. The van der Waals surface area contributed by atoms with Crippen LogP contribution in [-0.4, -0.2) is 23.5 Å². The average molecular weight is 266 g/mol. The van der Waals surface area contributed by atoms with E-state index in [1.54, 1.807) is 37.1 Å². The van der Waals surface area contributed by atoms with Crippen molar-refractivity contribution in [2.24, 2.45) is 0 Å². The monoisotopic (exact) mass is 266 g/mol. The number of carbonyl (C=O) groups is 1. The fraction of sp³-hybridized carbons (Fsp3) is 0.462. The SMILES string of the molecule is COc1cc(N)ccc1NC(=O)C1(C)CCCS1. The summed E-state index contributed by atoms with van der Waals surface area (Å²) in [6, 6.07) is 5.23. The molecule has 18 heavy (non-hydrogen) atoms. The van der Waals surface area contributed by atoms with E-state index in [1.165, 1.54) is 0 Å². The standard InChI is InChI=1S/C13H18N2O2S/c1-13(6-3-7-18-13)12(16)15-10-5-4-9(14)8-11(10)17-2/h4-5,8H,3,6-7,14H2,1-2H3,(H,15,16). The van der Waals surface area contributed by atoms with Crippen LogP contribution in [0.5, 0.6) is 5.75 Å². The van der Waals surface area contributed by atoms with Crippen LogP contribution in [0.2, 0.25) is 0 Å². The van der Waals surface area contributed by atoms with Gasteiger partial charge in [0, 0.05) is 11.8 Å². The molecular weight excluding hydrogens is 248 g/mol. The lowest BCUT2D eigenvalue weighted by atomic mass is 10.0. The van der Waals surface area contributed by atoms with Gasteiger partial charge in [-0.1, -0.05) is 0 Å². The molecule has 1 unspecified atom stereocenters. The summed E-state index contributed by atoms with van der Waals surface area (Å²) in [5.41, 5.74) is 6.97. The first-order chi connectivity index (χ1) is 8.55. The van der Waals surface area contributed by atoms with Gasteiger partial charge >= 0.3 is 0 Å². The minimum absolute atomic E-state index is 0.0353. The van der Waals surface area contributed by atoms with Crippen molar-refractivity contribution in [3.8, 4) is 5.75 Å². The minimum atomic E-state index is -0.327. The number of anilines is 2. The number of hydrogen-bond donors (Lipinski definition) is 2. The van der Waals surface area contributed by atoms with E-state index in [0.717, 1.165) is 18.6 Å². The van der Waals surface area contributed by atoms with E-state index in [0.29, 0.717) is 17.1 Å². The molecule has 0 bridgehead atoms. The molecule has 1 aromatic rings. The van der Waals surface area contributed by atoms with Crippen LogP contribution < -0.4 is 15.8 Å². The van der Waals surface area contributed by atoms with Crippen LogP contribution >= 0.6 is 11.8 Å². The Morgan fingerprint density at radius 2 is 2.33 bits per heavy atom. The fourth-order valence-corrected chi connectivity index (χ4v) is 3.23. The summed E-state index contributed by atoms with van der Waals surface area (Å²) < 4.78 is 4.89. The van der Waals surface area contributed by atoms with E-state index in [1.807, 2.05) is 6.92 Å². The Hall–Kier alpha value is -1.36. The second-order valence-electron chi connectivity index (χ2n) is 4.60. The highest BCUT2D eigenvalue weighted by atomic mass is 32.2. The number of ether oxygens (including phenoxy) is 1. The highest BCUT2D eigenvalue weighted by Crippen LogP contribution is 2.39. The third-order valence-corrected chi connectivity index (χ3v) is 4.69. The van der Waals surface area contributed by atoms with Gasteiger partial charge < -0.3 is 15.8 Å². The van der Waals surface area contributed by atoms with Crippen molar-refractivity contribution in [3.63, 3.8) is 0 Å². The number of methoxy groups -OCH3 is 1. The normalized spacial score (nSPS) is 22.8. The Labute approximate surface area is 111 Å². The molecule has 1 fully saturated rings. The Balaban J connectivity index is 2.16. The van der Waals surface area contributed by atoms with Crippen LogP contribution in [0.3, 0.4) is 0 Å². The number of hydrogen-bond acceptors (Lipinski definition) is 4. The second kappa shape index (κ2) is 5.10. The van der Waals surface area contributed by atoms with E-state index in [4.69, 9.17) is 10.5 Å². The van der Waals surface area contributed by atoms with Crippen molar-refractivity contribution < 1.29 is 9.53 Å². The van der Waals surface area contributed by atoms with E-state index in [-0.39, 0.29) is 10.7 Å². The number of nitrogens with two attached hydrogens (primary N) is 1. The molecule has 1 amide bonds. The molecule has 1 aromatic carbocycles. The average Bonchev–Trinajstić information content (AvgIpc) is 2.79. The van der Waals surface area contributed by atoms with Gasteiger partial charge in [0.05, 0.1) is 17.5 Å². The summed E-state index contributed by atoms with van der Waals surface area (Å²) in [7, 11) is 1.57. The predicted octanol–water partition coefficient (Wildman–Crippen LogP) is 2.50. The number of nitrogen functional groups attached to an aromatic ring is 1. The maximum Gasteiger partial charge on any atom is 0.240 e. The summed E-state index contributed by atoms with van der Waals surface area (Å²) in [6.45, 7) is 1.99. The van der Waals surface area contributed by atoms with E-state index in [9.17, 15) is 4.79 Å². The lowest BCUT2D eigenvalue weighted by molar-refractivity contribution is -0.118. The van der Waals surface area contributed by atoms with Crippen LogP contribution in [0.4, 0.5) is 11.4 Å². The summed E-state index contributed by atoms with van der Waals surface area (Å²) in [5, 5.41) is 2.93. The quantitative estimate of drug-likeness (QED) is 0.825. The van der Waals surface area contributed by atoms with Crippen LogP contribution in [0.1, 0.15) is 19.8 Å². The lowest BCUT2D eigenvalue weighted by Crippen LogP contribution is -2.34. The lowest BCUT2D eigenvalue weighted by Gasteiger charge is -2.22. The van der Waals surface area contributed by atoms with Crippen LogP contribution in [0, 0.1) is 0 Å². The van der Waals surface area contributed by atoms with Gasteiger partial charge in [-0.05, 0) is 37.7 Å². The summed E-state index contributed by atoms with van der Waals surface area (Å²) in [6.07, 6.45) is 2.01. The highest BCUT2D eigenvalue weighted by Gasteiger charge is 2.37. The van der Waals surface area contributed by atoms with Crippen molar-refractivity contribution in [1.29, 1.82) is 0 Å². The second-order valence-corrected chi connectivity index (χ2v) is 6.19. The summed E-state index contributed by atoms with van der Waals surface area (Å²) in [4.78, 5) is 12.3. The molecule has 3 N–H and O–H groups in total. The predicted molar refractivity (Wildman–Crippen MR) is 76.1 cm³/mol. The maximum atomic E-state index is 12.3. The number of carbonyl (C=O) groups excluding carboxylic acids is 1. The van der Waals surface area contributed by atoms with E-state index < -0.39 is 0 Å². The first-order valence-electron chi connectivity index (χ1n) is 5.94. The molecule has 0 radical (unpaired) electrons. The number of amides is 1. The Bertz CT molecular complexity index is 456. The van der Waals surface area contributed by atoms with Crippen LogP contribution in [0.25, 0.3) is 0 Å². The third kappa shape index (κ3) is 2.56. The van der Waals surface area contributed by atoms with Gasteiger partial charge in [0.15, 0.2) is 0 Å². The van der Waals surface area contributed by atoms with Crippen LogP contribution in [0.15, 0.2) is 18.2 Å². The van der Waals surface area contributed by atoms with Crippen LogP contribution in [-0.2, 0) is 4.79 Å². The highest BCUT2D eigenvalue weighted by molar-refractivity contribution is 8.01. The third-order valence-electron chi connectivity index (χ3n) is 3.17. The number of thioether (sulfide) groups is 1. The molecule has 0 saturated carbocycles. The zero-order chi connectivity index (χ0) is 13.2. The molecule has 1 atom stereocenters. The molecule has 1 aliphatic heterocycles. The Morgan fingerprint density at radius 3 is 2.94 bits per heavy atom. The molecule has 1 aliphatic rings. The van der Waals surface area contributed by atoms with Gasteiger partial charge in [-0.3, -0.25) is 4.79 Å². The maximum absolute atomic E-state index is 12.3. The van der Waals surface area contributed by atoms with Gasteiger partial charge in [-0.2, -0.15) is 0 Å².